The van der Waals surface area contributed by atoms with E-state index in [1.807, 2.05) is 36.4 Å². The quantitative estimate of drug-likeness (QED) is 0.498. The summed E-state index contributed by atoms with van der Waals surface area (Å²) in [6.45, 7) is 0. The van der Waals surface area contributed by atoms with Crippen molar-refractivity contribution in [2.75, 3.05) is 14.2 Å². The molecule has 146 valence electrons. The number of halogens is 1. The largest absolute Gasteiger partial charge is 0.497 e. The van der Waals surface area contributed by atoms with Gasteiger partial charge in [0.2, 0.25) is 0 Å². The third-order valence-corrected chi connectivity index (χ3v) is 5.38. The van der Waals surface area contributed by atoms with Crippen LogP contribution in [0.2, 0.25) is 0 Å². The normalized spacial score (nSPS) is 16.0. The highest BCUT2D eigenvalue weighted by molar-refractivity contribution is 5.88. The molecular formula is C26H23FO2. The predicted molar refractivity (Wildman–Crippen MR) is 116 cm³/mol. The zero-order valence-corrected chi connectivity index (χ0v) is 16.6. The minimum atomic E-state index is -0.222. The molecular weight excluding hydrogens is 363 g/mol. The summed E-state index contributed by atoms with van der Waals surface area (Å²) in [4.78, 5) is 0. The second-order valence-corrected chi connectivity index (χ2v) is 7.06. The van der Waals surface area contributed by atoms with E-state index in [-0.39, 0.29) is 11.7 Å². The molecule has 3 heteroatoms. The van der Waals surface area contributed by atoms with Gasteiger partial charge in [0.05, 0.1) is 14.2 Å². The lowest BCUT2D eigenvalue weighted by molar-refractivity contribution is 0.414. The minimum absolute atomic E-state index is 0.222. The van der Waals surface area contributed by atoms with Crippen molar-refractivity contribution < 1.29 is 13.9 Å². The average Bonchev–Trinajstić information content (AvgIpc) is 2.79. The lowest BCUT2D eigenvalue weighted by Crippen LogP contribution is -2.06. The van der Waals surface area contributed by atoms with Gasteiger partial charge >= 0.3 is 0 Å². The van der Waals surface area contributed by atoms with Crippen LogP contribution < -0.4 is 9.47 Å². The van der Waals surface area contributed by atoms with Crippen LogP contribution >= 0.6 is 0 Å². The van der Waals surface area contributed by atoms with Crippen LogP contribution in [0.3, 0.4) is 0 Å². The predicted octanol–water partition coefficient (Wildman–Crippen LogP) is 6.50. The molecule has 0 saturated heterocycles. The van der Waals surface area contributed by atoms with Crippen LogP contribution in [0.5, 0.6) is 11.5 Å². The fourth-order valence-corrected chi connectivity index (χ4v) is 3.76. The SMILES string of the molecule is COc1ccc(C2=CC(c3ccc(F)cc3)=CCC2c2ccc(OC)cc2)cc1. The monoisotopic (exact) mass is 386 g/mol. The van der Waals surface area contributed by atoms with Crippen molar-refractivity contribution in [1.82, 2.24) is 0 Å². The van der Waals surface area contributed by atoms with Crippen LogP contribution in [0.4, 0.5) is 4.39 Å². The third kappa shape index (κ3) is 4.09. The number of hydrogen-bond donors (Lipinski definition) is 0. The van der Waals surface area contributed by atoms with Gasteiger partial charge in [-0.15, -0.1) is 0 Å². The molecule has 1 aliphatic carbocycles. The summed E-state index contributed by atoms with van der Waals surface area (Å²) in [7, 11) is 3.35. The van der Waals surface area contributed by atoms with Gasteiger partial charge in [-0.3, -0.25) is 0 Å². The fraction of sp³-hybridized carbons (Fsp3) is 0.154. The number of benzene rings is 3. The molecule has 4 rings (SSSR count). The Morgan fingerprint density at radius 3 is 1.86 bits per heavy atom. The molecule has 0 radical (unpaired) electrons. The highest BCUT2D eigenvalue weighted by Gasteiger charge is 2.22. The van der Waals surface area contributed by atoms with Crippen molar-refractivity contribution in [3.63, 3.8) is 0 Å². The summed E-state index contributed by atoms with van der Waals surface area (Å²) in [6, 6.07) is 23.1. The maximum atomic E-state index is 13.4. The van der Waals surface area contributed by atoms with Crippen LogP contribution in [0.25, 0.3) is 11.1 Å². The molecule has 0 fully saturated rings. The maximum Gasteiger partial charge on any atom is 0.123 e. The first-order valence-electron chi connectivity index (χ1n) is 9.64. The Kier molecular flexibility index (Phi) is 5.48. The Hall–Kier alpha value is -3.33. The lowest BCUT2D eigenvalue weighted by Gasteiger charge is -2.25. The molecule has 3 aromatic carbocycles. The molecule has 2 nitrogen and oxygen atoms in total. The Bertz CT molecular complexity index is 1030. The van der Waals surface area contributed by atoms with Gasteiger partial charge in [-0.2, -0.15) is 0 Å². The van der Waals surface area contributed by atoms with E-state index < -0.39 is 0 Å². The molecule has 1 unspecified atom stereocenters. The van der Waals surface area contributed by atoms with Gasteiger partial charge in [0.1, 0.15) is 17.3 Å². The van der Waals surface area contributed by atoms with Gasteiger partial charge in [-0.1, -0.05) is 48.6 Å². The molecule has 0 heterocycles. The highest BCUT2D eigenvalue weighted by Crippen LogP contribution is 2.42. The molecule has 0 spiro atoms. The zero-order chi connectivity index (χ0) is 20.2. The first-order chi connectivity index (χ1) is 14.2. The molecule has 0 N–H and O–H groups in total. The summed E-state index contributed by atoms with van der Waals surface area (Å²) >= 11 is 0. The van der Waals surface area contributed by atoms with E-state index in [2.05, 4.69) is 36.4 Å². The Morgan fingerprint density at radius 1 is 0.724 bits per heavy atom. The molecule has 1 aliphatic rings. The van der Waals surface area contributed by atoms with Crippen LogP contribution in [0.1, 0.15) is 29.0 Å². The molecule has 3 aromatic rings. The van der Waals surface area contributed by atoms with Gasteiger partial charge in [0.25, 0.3) is 0 Å². The Morgan fingerprint density at radius 2 is 1.28 bits per heavy atom. The fourth-order valence-electron chi connectivity index (χ4n) is 3.76. The van der Waals surface area contributed by atoms with Crippen molar-refractivity contribution in [1.29, 1.82) is 0 Å². The standard InChI is InChI=1S/C26H23FO2/c1-28-23-12-5-19(6-13-23)25-16-9-21(18-3-10-22(27)11-4-18)17-26(25)20-7-14-24(29-2)15-8-20/h3-15,17,25H,16H2,1-2H3. The third-order valence-electron chi connectivity index (χ3n) is 5.38. The van der Waals surface area contributed by atoms with Gasteiger partial charge in [0, 0.05) is 5.92 Å². The van der Waals surface area contributed by atoms with Gasteiger partial charge in [-0.25, -0.2) is 4.39 Å². The van der Waals surface area contributed by atoms with Crippen molar-refractivity contribution in [3.8, 4) is 11.5 Å². The molecule has 0 amide bonds. The average molecular weight is 386 g/mol. The second kappa shape index (κ2) is 8.36. The minimum Gasteiger partial charge on any atom is -0.497 e. The second-order valence-electron chi connectivity index (χ2n) is 7.06. The van der Waals surface area contributed by atoms with Gasteiger partial charge < -0.3 is 9.47 Å². The highest BCUT2D eigenvalue weighted by atomic mass is 19.1. The number of methoxy groups -OCH3 is 2. The van der Waals surface area contributed by atoms with Crippen LogP contribution in [0.15, 0.2) is 84.9 Å². The van der Waals surface area contributed by atoms with Crippen molar-refractivity contribution >= 4 is 11.1 Å². The topological polar surface area (TPSA) is 18.5 Å². The summed E-state index contributed by atoms with van der Waals surface area (Å²) < 4.78 is 24.0. The van der Waals surface area contributed by atoms with E-state index in [4.69, 9.17) is 9.47 Å². The summed E-state index contributed by atoms with van der Waals surface area (Å²) in [5, 5.41) is 0. The molecule has 0 aromatic heterocycles. The summed E-state index contributed by atoms with van der Waals surface area (Å²) in [5.41, 5.74) is 5.76. The van der Waals surface area contributed by atoms with Crippen LogP contribution in [0, 0.1) is 5.82 Å². The number of ether oxygens (including phenoxy) is 2. The van der Waals surface area contributed by atoms with Gasteiger partial charge in [0.15, 0.2) is 0 Å². The van der Waals surface area contributed by atoms with E-state index in [1.54, 1.807) is 14.2 Å². The van der Waals surface area contributed by atoms with E-state index >= 15 is 0 Å². The molecule has 1 atom stereocenters. The smallest absolute Gasteiger partial charge is 0.123 e. The van der Waals surface area contributed by atoms with E-state index in [0.717, 1.165) is 34.6 Å². The van der Waals surface area contributed by atoms with Crippen molar-refractivity contribution in [2.45, 2.75) is 12.3 Å². The van der Waals surface area contributed by atoms with Crippen molar-refractivity contribution in [2.24, 2.45) is 0 Å². The Labute approximate surface area is 170 Å². The first-order valence-corrected chi connectivity index (χ1v) is 9.64. The van der Waals surface area contributed by atoms with Crippen LogP contribution in [-0.4, -0.2) is 14.2 Å². The summed E-state index contributed by atoms with van der Waals surface area (Å²) in [6.07, 6.45) is 5.32. The Balaban J connectivity index is 1.75. The van der Waals surface area contributed by atoms with Crippen molar-refractivity contribution in [3.05, 3.63) is 107 Å². The number of allylic oxidation sites excluding steroid dienone is 4. The van der Waals surface area contributed by atoms with Gasteiger partial charge in [-0.05, 0) is 70.7 Å². The molecule has 0 aliphatic heterocycles. The van der Waals surface area contributed by atoms with Crippen LogP contribution in [-0.2, 0) is 0 Å². The lowest BCUT2D eigenvalue weighted by atomic mass is 9.79. The van der Waals surface area contributed by atoms with E-state index in [0.29, 0.717) is 0 Å². The summed E-state index contributed by atoms with van der Waals surface area (Å²) in [5.74, 6) is 1.70. The van der Waals surface area contributed by atoms with E-state index in [1.165, 1.54) is 23.3 Å². The van der Waals surface area contributed by atoms with E-state index in [9.17, 15) is 4.39 Å². The molecule has 29 heavy (non-hydrogen) atoms. The first kappa shape index (κ1) is 19.0. The maximum absolute atomic E-state index is 13.4. The molecule has 0 bridgehead atoms. The number of rotatable bonds is 5. The zero-order valence-electron chi connectivity index (χ0n) is 16.6. The number of hydrogen-bond acceptors (Lipinski definition) is 2. The molecule has 0 saturated carbocycles.